The molecule has 2 nitrogen and oxygen atoms in total. The monoisotopic (exact) mass is 272 g/mol. The first kappa shape index (κ1) is 12.8. The highest BCUT2D eigenvalue weighted by Gasteiger charge is 2.54. The van der Waals surface area contributed by atoms with E-state index >= 15 is 0 Å². The lowest BCUT2D eigenvalue weighted by Gasteiger charge is -2.28. The zero-order chi connectivity index (χ0) is 13.5. The molecule has 1 N–H and O–H groups in total. The van der Waals surface area contributed by atoms with Gasteiger partial charge >= 0.3 is 0 Å². The lowest BCUT2D eigenvalue weighted by Crippen LogP contribution is -2.23. The van der Waals surface area contributed by atoms with Gasteiger partial charge in [0, 0.05) is 6.42 Å². The smallest absolute Gasteiger partial charge is 0.0852 e. The normalized spacial score (nSPS) is 36.9. The molecular formula is C18H24O2. The van der Waals surface area contributed by atoms with Gasteiger partial charge in [0.05, 0.1) is 18.8 Å². The van der Waals surface area contributed by atoms with Crippen LogP contribution in [-0.4, -0.2) is 17.8 Å². The summed E-state index contributed by atoms with van der Waals surface area (Å²) >= 11 is 0. The maximum atomic E-state index is 10.6. The highest BCUT2D eigenvalue weighted by molar-refractivity contribution is 5.31. The molecule has 2 heteroatoms. The molecule has 0 saturated heterocycles. The van der Waals surface area contributed by atoms with Crippen molar-refractivity contribution in [3.05, 3.63) is 35.4 Å². The molecule has 2 saturated carbocycles. The van der Waals surface area contributed by atoms with Crippen molar-refractivity contribution in [2.45, 2.75) is 50.7 Å². The fourth-order valence-electron chi connectivity index (χ4n) is 4.67. The second-order valence-corrected chi connectivity index (χ2v) is 6.80. The van der Waals surface area contributed by atoms with Crippen LogP contribution in [-0.2, 0) is 11.2 Å². The molecule has 108 valence electrons. The molecule has 0 bridgehead atoms. The second-order valence-electron chi connectivity index (χ2n) is 6.80. The van der Waals surface area contributed by atoms with Crippen molar-refractivity contribution in [2.75, 3.05) is 6.61 Å². The van der Waals surface area contributed by atoms with Crippen molar-refractivity contribution >= 4 is 0 Å². The van der Waals surface area contributed by atoms with Crippen LogP contribution in [0.5, 0.6) is 0 Å². The Morgan fingerprint density at radius 1 is 1.15 bits per heavy atom. The van der Waals surface area contributed by atoms with Crippen LogP contribution in [0, 0.1) is 17.8 Å². The zero-order valence-electron chi connectivity index (χ0n) is 12.0. The van der Waals surface area contributed by atoms with E-state index < -0.39 is 0 Å². The minimum atomic E-state index is -0.167. The van der Waals surface area contributed by atoms with Crippen molar-refractivity contribution in [2.24, 2.45) is 17.8 Å². The van der Waals surface area contributed by atoms with E-state index in [9.17, 15) is 5.11 Å². The van der Waals surface area contributed by atoms with E-state index in [4.69, 9.17) is 4.74 Å². The lowest BCUT2D eigenvalue weighted by atomic mass is 9.93. The van der Waals surface area contributed by atoms with Crippen molar-refractivity contribution in [1.82, 2.24) is 0 Å². The Balaban J connectivity index is 1.45. The van der Waals surface area contributed by atoms with Crippen LogP contribution in [0.4, 0.5) is 0 Å². The Kier molecular flexibility index (Phi) is 3.31. The molecule has 20 heavy (non-hydrogen) atoms. The number of hydrogen-bond donors (Lipinski definition) is 1. The molecular weight excluding hydrogens is 248 g/mol. The molecule has 0 radical (unpaired) electrons. The Bertz CT molecular complexity index is 472. The predicted molar refractivity (Wildman–Crippen MR) is 78.4 cm³/mol. The van der Waals surface area contributed by atoms with Crippen LogP contribution in [0.3, 0.4) is 0 Å². The number of ether oxygens (including phenoxy) is 1. The predicted octanol–water partition coefficient (Wildman–Crippen LogP) is 3.49. The first-order valence-corrected chi connectivity index (χ1v) is 8.22. The minimum Gasteiger partial charge on any atom is -0.393 e. The highest BCUT2D eigenvalue weighted by atomic mass is 16.5. The van der Waals surface area contributed by atoms with E-state index in [1.54, 1.807) is 0 Å². The number of benzene rings is 1. The summed E-state index contributed by atoms with van der Waals surface area (Å²) < 4.78 is 5.95. The third-order valence-corrected chi connectivity index (χ3v) is 5.72. The van der Waals surface area contributed by atoms with Crippen LogP contribution < -0.4 is 0 Å². The average Bonchev–Trinajstić information content (AvgIpc) is 3.22. The van der Waals surface area contributed by atoms with Crippen LogP contribution in [0.2, 0.25) is 0 Å². The van der Waals surface area contributed by atoms with Gasteiger partial charge < -0.3 is 9.84 Å². The van der Waals surface area contributed by atoms with Crippen molar-refractivity contribution in [1.29, 1.82) is 0 Å². The number of hydrogen-bond acceptors (Lipinski definition) is 2. The molecule has 1 heterocycles. The van der Waals surface area contributed by atoms with Gasteiger partial charge in [-0.25, -0.2) is 0 Å². The van der Waals surface area contributed by atoms with Crippen molar-refractivity contribution in [3.63, 3.8) is 0 Å². The fourth-order valence-corrected chi connectivity index (χ4v) is 4.67. The lowest BCUT2D eigenvalue weighted by molar-refractivity contribution is -0.00323. The van der Waals surface area contributed by atoms with E-state index in [1.807, 2.05) is 0 Å². The van der Waals surface area contributed by atoms with Gasteiger partial charge in [-0.15, -0.1) is 0 Å². The summed E-state index contributed by atoms with van der Waals surface area (Å²) in [6, 6.07) is 8.57. The first-order valence-electron chi connectivity index (χ1n) is 8.22. The number of rotatable bonds is 3. The Morgan fingerprint density at radius 2 is 1.90 bits per heavy atom. The van der Waals surface area contributed by atoms with Crippen LogP contribution in [0.1, 0.15) is 49.3 Å². The summed E-state index contributed by atoms with van der Waals surface area (Å²) in [6.07, 6.45) is 7.16. The fraction of sp³-hybridized carbons (Fsp3) is 0.667. The van der Waals surface area contributed by atoms with Gasteiger partial charge in [-0.1, -0.05) is 37.1 Å². The molecule has 4 atom stereocenters. The molecule has 1 aliphatic heterocycles. The quantitative estimate of drug-likeness (QED) is 0.912. The maximum absolute atomic E-state index is 10.6. The molecule has 4 rings (SSSR count). The molecule has 2 aliphatic carbocycles. The molecule has 1 aromatic rings. The molecule has 0 amide bonds. The topological polar surface area (TPSA) is 29.5 Å². The van der Waals surface area contributed by atoms with Crippen molar-refractivity contribution < 1.29 is 9.84 Å². The Hall–Kier alpha value is -0.860. The molecule has 2 fully saturated rings. The summed E-state index contributed by atoms with van der Waals surface area (Å²) in [7, 11) is 0. The van der Waals surface area contributed by atoms with Gasteiger partial charge in [0.25, 0.3) is 0 Å². The Labute approximate surface area is 121 Å². The zero-order valence-corrected chi connectivity index (χ0v) is 12.0. The SMILES string of the molecule is OC(CC1OCCc2ccccc21)C1C2CCCCC21. The van der Waals surface area contributed by atoms with E-state index in [1.165, 1.54) is 36.8 Å². The molecule has 0 spiro atoms. The third kappa shape index (κ3) is 2.19. The highest BCUT2D eigenvalue weighted by Crippen LogP contribution is 2.58. The number of fused-ring (bicyclic) bond motifs is 2. The summed E-state index contributed by atoms with van der Waals surface area (Å²) in [6.45, 7) is 0.798. The first-order chi connectivity index (χ1) is 9.84. The average molecular weight is 272 g/mol. The van der Waals surface area contributed by atoms with Gasteiger partial charge in [0.15, 0.2) is 0 Å². The number of aliphatic hydroxyl groups excluding tert-OH is 1. The van der Waals surface area contributed by atoms with Crippen LogP contribution in [0.15, 0.2) is 24.3 Å². The van der Waals surface area contributed by atoms with Gasteiger partial charge in [0.2, 0.25) is 0 Å². The minimum absolute atomic E-state index is 0.109. The van der Waals surface area contributed by atoms with Crippen LogP contribution >= 0.6 is 0 Å². The summed E-state index contributed by atoms with van der Waals surface area (Å²) in [5.74, 6) is 2.20. The molecule has 3 aliphatic rings. The third-order valence-electron chi connectivity index (χ3n) is 5.72. The Morgan fingerprint density at radius 3 is 2.70 bits per heavy atom. The van der Waals surface area contributed by atoms with Gasteiger partial charge in [0.1, 0.15) is 0 Å². The van der Waals surface area contributed by atoms with E-state index in [-0.39, 0.29) is 12.2 Å². The molecule has 4 unspecified atom stereocenters. The van der Waals surface area contributed by atoms with Gasteiger partial charge in [-0.3, -0.25) is 0 Å². The maximum Gasteiger partial charge on any atom is 0.0852 e. The van der Waals surface area contributed by atoms with E-state index in [2.05, 4.69) is 24.3 Å². The largest absolute Gasteiger partial charge is 0.393 e. The summed E-state index contributed by atoms with van der Waals surface area (Å²) in [4.78, 5) is 0. The molecule has 0 aromatic heterocycles. The second kappa shape index (κ2) is 5.16. The summed E-state index contributed by atoms with van der Waals surface area (Å²) in [5, 5.41) is 10.6. The summed E-state index contributed by atoms with van der Waals surface area (Å²) in [5.41, 5.74) is 2.71. The van der Waals surface area contributed by atoms with Gasteiger partial charge in [-0.05, 0) is 48.1 Å². The van der Waals surface area contributed by atoms with E-state index in [0.717, 1.165) is 31.3 Å². The molecule has 1 aromatic carbocycles. The standard InChI is InChI=1S/C18H24O2/c19-16(18-14-7-3-4-8-15(14)18)11-17-13-6-2-1-5-12(13)9-10-20-17/h1-2,5-6,14-19H,3-4,7-11H2. The van der Waals surface area contributed by atoms with E-state index in [0.29, 0.717) is 5.92 Å². The van der Waals surface area contributed by atoms with Gasteiger partial charge in [-0.2, -0.15) is 0 Å². The van der Waals surface area contributed by atoms with Crippen LogP contribution in [0.25, 0.3) is 0 Å². The number of aliphatic hydroxyl groups is 1. The van der Waals surface area contributed by atoms with Crippen molar-refractivity contribution in [3.8, 4) is 0 Å².